The quantitative estimate of drug-likeness (QED) is 0.491. The minimum Gasteiger partial charge on any atom is -0.410 e. The number of nitrogens with one attached hydrogen (secondary N) is 1. The predicted molar refractivity (Wildman–Crippen MR) is 55.0 cm³/mol. The lowest BCUT2D eigenvalue weighted by molar-refractivity contribution is 0.201. The molecule has 1 N–H and O–H groups in total. The third-order valence-electron chi connectivity index (χ3n) is 1.15. The lowest BCUT2D eigenvalue weighted by Crippen LogP contribution is -2.28. The van der Waals surface area contributed by atoms with Gasteiger partial charge in [0, 0.05) is 22.6 Å². The molecule has 0 atom stereocenters. The van der Waals surface area contributed by atoms with E-state index in [1.54, 1.807) is 30.3 Å². The molecule has 1 aromatic carbocycles. The third kappa shape index (κ3) is 3.88. The van der Waals surface area contributed by atoms with E-state index < -0.39 is 10.0 Å². The number of imide groups is 1. The Bertz CT molecular complexity index is 312. The standard InChI is InChI=1S/C8H6INO3/c9-7(11)10-8(12)13-6-4-2-1-3-5-6/h1-5H,(H,10,11,12). The number of amides is 2. The first-order valence-electron chi connectivity index (χ1n) is 3.42. The Labute approximate surface area is 88.4 Å². The van der Waals surface area contributed by atoms with Crippen LogP contribution >= 0.6 is 22.6 Å². The van der Waals surface area contributed by atoms with E-state index >= 15 is 0 Å². The Morgan fingerprint density at radius 3 is 2.38 bits per heavy atom. The third-order valence-corrected chi connectivity index (χ3v) is 1.42. The molecule has 2 amide bonds. The van der Waals surface area contributed by atoms with Crippen LogP contribution in [-0.2, 0) is 0 Å². The molecule has 0 saturated carbocycles. The summed E-state index contributed by atoms with van der Waals surface area (Å²) in [5, 5.41) is 1.98. The lowest BCUT2D eigenvalue weighted by atomic mass is 10.3. The van der Waals surface area contributed by atoms with Crippen molar-refractivity contribution in [1.82, 2.24) is 5.32 Å². The lowest BCUT2D eigenvalue weighted by Gasteiger charge is -2.01. The second kappa shape index (κ2) is 4.80. The number of hydrogen-bond acceptors (Lipinski definition) is 3. The van der Waals surface area contributed by atoms with Crippen molar-refractivity contribution in [3.63, 3.8) is 0 Å². The minimum absolute atomic E-state index is 0.401. The van der Waals surface area contributed by atoms with Crippen molar-refractivity contribution in [2.24, 2.45) is 0 Å². The van der Waals surface area contributed by atoms with E-state index in [2.05, 4.69) is 0 Å². The average molecular weight is 291 g/mol. The molecule has 0 aromatic heterocycles. The summed E-state index contributed by atoms with van der Waals surface area (Å²) in [6.07, 6.45) is -0.773. The van der Waals surface area contributed by atoms with Gasteiger partial charge in [-0.2, -0.15) is 0 Å². The minimum atomic E-state index is -0.773. The molecular formula is C8H6INO3. The van der Waals surface area contributed by atoms with Gasteiger partial charge in [0.2, 0.25) is 0 Å². The molecule has 0 spiro atoms. The smallest absolute Gasteiger partial charge is 0.410 e. The maximum atomic E-state index is 10.9. The van der Waals surface area contributed by atoms with Crippen LogP contribution in [0.4, 0.5) is 9.59 Å². The molecule has 68 valence electrons. The van der Waals surface area contributed by atoms with Crippen molar-refractivity contribution in [3.8, 4) is 5.75 Å². The number of carbonyl (C=O) groups excluding carboxylic acids is 2. The number of hydrogen-bond donors (Lipinski definition) is 1. The van der Waals surface area contributed by atoms with Crippen LogP contribution in [0, 0.1) is 0 Å². The van der Waals surface area contributed by atoms with E-state index in [9.17, 15) is 9.59 Å². The van der Waals surface area contributed by atoms with Gasteiger partial charge >= 0.3 is 6.09 Å². The molecule has 0 aliphatic carbocycles. The van der Waals surface area contributed by atoms with Crippen molar-refractivity contribution in [2.45, 2.75) is 0 Å². The van der Waals surface area contributed by atoms with Crippen LogP contribution in [0.1, 0.15) is 0 Å². The molecular weight excluding hydrogens is 285 g/mol. The summed E-state index contributed by atoms with van der Waals surface area (Å²) < 4.78 is 4.28. The normalized spacial score (nSPS) is 9.00. The Kier molecular flexibility index (Phi) is 3.69. The zero-order chi connectivity index (χ0) is 9.68. The maximum absolute atomic E-state index is 10.9. The van der Waals surface area contributed by atoms with E-state index in [0.717, 1.165) is 0 Å². The Balaban J connectivity index is 2.50. The van der Waals surface area contributed by atoms with Gasteiger partial charge in [-0.15, -0.1) is 0 Å². The Morgan fingerprint density at radius 2 is 1.85 bits per heavy atom. The van der Waals surface area contributed by atoms with Crippen LogP contribution in [0.15, 0.2) is 30.3 Å². The first kappa shape index (κ1) is 9.97. The Hall–Kier alpha value is -1.11. The zero-order valence-corrected chi connectivity index (χ0v) is 8.65. The summed E-state index contributed by atoms with van der Waals surface area (Å²) in [7, 11) is 0. The topological polar surface area (TPSA) is 55.4 Å². The fourth-order valence-corrected chi connectivity index (χ4v) is 0.922. The van der Waals surface area contributed by atoms with Gasteiger partial charge in [-0.05, 0) is 12.1 Å². The number of para-hydroxylation sites is 1. The molecule has 0 aliphatic rings. The zero-order valence-electron chi connectivity index (χ0n) is 6.49. The summed E-state index contributed by atoms with van der Waals surface area (Å²) in [6.45, 7) is 0. The molecule has 0 aliphatic heterocycles. The largest absolute Gasteiger partial charge is 0.419 e. The number of carbonyl (C=O) groups is 2. The first-order chi connectivity index (χ1) is 6.18. The predicted octanol–water partition coefficient (Wildman–Crippen LogP) is 2.33. The van der Waals surface area contributed by atoms with E-state index in [-0.39, 0.29) is 0 Å². The van der Waals surface area contributed by atoms with Crippen molar-refractivity contribution in [1.29, 1.82) is 0 Å². The van der Waals surface area contributed by atoms with Gasteiger partial charge in [0.05, 0.1) is 0 Å². The average Bonchev–Trinajstić information content (AvgIpc) is 2.04. The van der Waals surface area contributed by atoms with Gasteiger partial charge in [-0.1, -0.05) is 18.2 Å². The van der Waals surface area contributed by atoms with Crippen molar-refractivity contribution < 1.29 is 14.3 Å². The molecule has 0 radical (unpaired) electrons. The monoisotopic (exact) mass is 291 g/mol. The molecule has 1 aromatic rings. The summed E-state index contributed by atoms with van der Waals surface area (Å²) in [6, 6.07) is 8.51. The van der Waals surface area contributed by atoms with Crippen LogP contribution in [-0.4, -0.2) is 10.0 Å². The van der Waals surface area contributed by atoms with Gasteiger partial charge in [-0.25, -0.2) is 4.79 Å². The van der Waals surface area contributed by atoms with Gasteiger partial charge < -0.3 is 4.74 Å². The van der Waals surface area contributed by atoms with Gasteiger partial charge in [0.15, 0.2) is 0 Å². The van der Waals surface area contributed by atoms with Gasteiger partial charge in [0.1, 0.15) is 5.75 Å². The number of benzene rings is 1. The fourth-order valence-electron chi connectivity index (χ4n) is 0.701. The van der Waals surface area contributed by atoms with Crippen molar-refractivity contribution >= 4 is 32.6 Å². The molecule has 13 heavy (non-hydrogen) atoms. The second-order valence-corrected chi connectivity index (χ2v) is 3.08. The molecule has 1 rings (SSSR count). The van der Waals surface area contributed by atoms with Gasteiger partial charge in [0.25, 0.3) is 3.91 Å². The van der Waals surface area contributed by atoms with Crippen LogP contribution < -0.4 is 10.1 Å². The SMILES string of the molecule is O=C(I)NC(=O)Oc1ccccc1. The molecule has 0 heterocycles. The molecule has 0 bridgehead atoms. The summed E-state index contributed by atoms with van der Waals surface area (Å²) in [5.74, 6) is 0.401. The molecule has 4 nitrogen and oxygen atoms in total. The fraction of sp³-hybridized carbons (Fsp3) is 0. The molecule has 0 unspecified atom stereocenters. The first-order valence-corrected chi connectivity index (χ1v) is 4.49. The summed E-state index contributed by atoms with van der Waals surface area (Å²) in [4.78, 5) is 21.3. The van der Waals surface area contributed by atoms with E-state index in [4.69, 9.17) is 4.74 Å². The van der Waals surface area contributed by atoms with E-state index in [0.29, 0.717) is 5.75 Å². The van der Waals surface area contributed by atoms with Crippen molar-refractivity contribution in [3.05, 3.63) is 30.3 Å². The summed E-state index contributed by atoms with van der Waals surface area (Å²) >= 11 is 1.45. The number of rotatable bonds is 1. The van der Waals surface area contributed by atoms with Crippen LogP contribution in [0.3, 0.4) is 0 Å². The van der Waals surface area contributed by atoms with E-state index in [1.807, 2.05) is 5.32 Å². The summed E-state index contributed by atoms with van der Waals surface area (Å²) in [5.41, 5.74) is 0. The molecule has 5 heteroatoms. The Morgan fingerprint density at radius 1 is 1.23 bits per heavy atom. The number of halogens is 1. The maximum Gasteiger partial charge on any atom is 0.419 e. The van der Waals surface area contributed by atoms with E-state index in [1.165, 1.54) is 22.6 Å². The van der Waals surface area contributed by atoms with Crippen LogP contribution in [0.2, 0.25) is 0 Å². The van der Waals surface area contributed by atoms with Crippen molar-refractivity contribution in [2.75, 3.05) is 0 Å². The highest BCUT2D eigenvalue weighted by Gasteiger charge is 2.05. The highest BCUT2D eigenvalue weighted by molar-refractivity contribution is 14.1. The number of ether oxygens (including phenoxy) is 1. The van der Waals surface area contributed by atoms with Crippen LogP contribution in [0.5, 0.6) is 5.75 Å². The molecule has 0 fully saturated rings. The van der Waals surface area contributed by atoms with Crippen LogP contribution in [0.25, 0.3) is 0 Å². The highest BCUT2D eigenvalue weighted by Crippen LogP contribution is 2.08. The molecule has 0 saturated heterocycles. The van der Waals surface area contributed by atoms with Gasteiger partial charge in [-0.3, -0.25) is 10.1 Å². The second-order valence-electron chi connectivity index (χ2n) is 2.10. The highest BCUT2D eigenvalue weighted by atomic mass is 127.